The van der Waals surface area contributed by atoms with Crippen LogP contribution in [0.25, 0.3) is 11.4 Å². The van der Waals surface area contributed by atoms with Crippen LogP contribution in [0.15, 0.2) is 18.3 Å². The molecule has 2 fully saturated rings. The van der Waals surface area contributed by atoms with Crippen LogP contribution in [0, 0.1) is 18.7 Å². The fraction of sp³-hybridized carbons (Fsp3) is 0.500. The number of ether oxygens (including phenoxy) is 1. The van der Waals surface area contributed by atoms with E-state index in [-0.39, 0.29) is 12.0 Å². The lowest BCUT2D eigenvalue weighted by molar-refractivity contribution is -0.143. The van der Waals surface area contributed by atoms with Crippen LogP contribution < -0.4 is 15.0 Å². The second-order valence-electron chi connectivity index (χ2n) is 9.29. The molecule has 11 nitrogen and oxygen atoms in total. The standard InChI is InChI=1S/C24H29FN8O3/c1-14-20(36-16-6-3-5-15(11-16)23(34)35)8-7-18(28-14)21-19(32(2)31-30-21)13-27-24-26-12-17(25)22(29-24)33-9-4-10-33/h7-8,12,15-16H,3-6,9-11,13H2,1-2H3,(H,34,35)(H,26,27,29)/t15-,16-/m0/s1. The number of aliphatic carboxylic acids is 1. The Morgan fingerprint density at radius 1 is 1.25 bits per heavy atom. The number of nitrogens with zero attached hydrogens (tertiary/aromatic N) is 7. The maximum atomic E-state index is 14.1. The van der Waals surface area contributed by atoms with E-state index in [0.717, 1.165) is 38.0 Å². The molecule has 3 aromatic heterocycles. The summed E-state index contributed by atoms with van der Waals surface area (Å²) in [7, 11) is 1.79. The van der Waals surface area contributed by atoms with E-state index in [9.17, 15) is 14.3 Å². The van der Waals surface area contributed by atoms with Crippen molar-refractivity contribution in [3.05, 3.63) is 35.5 Å². The van der Waals surface area contributed by atoms with E-state index in [4.69, 9.17) is 4.74 Å². The Labute approximate surface area is 207 Å². The molecule has 2 N–H and O–H groups in total. The number of halogens is 1. The summed E-state index contributed by atoms with van der Waals surface area (Å²) in [5.74, 6) is -0.292. The van der Waals surface area contributed by atoms with Crippen LogP contribution in [0.1, 0.15) is 43.5 Å². The smallest absolute Gasteiger partial charge is 0.306 e. The summed E-state index contributed by atoms with van der Waals surface area (Å²) in [6.45, 7) is 3.75. The number of aryl methyl sites for hydroxylation is 2. The van der Waals surface area contributed by atoms with E-state index in [2.05, 4.69) is 30.6 Å². The molecule has 0 bridgehead atoms. The molecule has 0 aromatic carbocycles. The van der Waals surface area contributed by atoms with Crippen LogP contribution in [0.2, 0.25) is 0 Å². The van der Waals surface area contributed by atoms with Gasteiger partial charge in [0.1, 0.15) is 11.4 Å². The van der Waals surface area contributed by atoms with Gasteiger partial charge in [-0.05, 0) is 51.2 Å². The van der Waals surface area contributed by atoms with Gasteiger partial charge in [0.15, 0.2) is 11.6 Å². The highest BCUT2D eigenvalue weighted by molar-refractivity contribution is 5.70. The summed E-state index contributed by atoms with van der Waals surface area (Å²) < 4.78 is 21.9. The Bertz CT molecular complexity index is 1260. The lowest BCUT2D eigenvalue weighted by Gasteiger charge is -2.32. The molecule has 5 rings (SSSR count). The Morgan fingerprint density at radius 3 is 2.81 bits per heavy atom. The van der Waals surface area contributed by atoms with Gasteiger partial charge in [0.05, 0.1) is 41.8 Å². The quantitative estimate of drug-likeness (QED) is 0.480. The van der Waals surface area contributed by atoms with Crippen molar-refractivity contribution < 1.29 is 19.0 Å². The van der Waals surface area contributed by atoms with Gasteiger partial charge in [-0.15, -0.1) is 5.10 Å². The molecule has 4 heterocycles. The molecule has 0 radical (unpaired) electrons. The summed E-state index contributed by atoms with van der Waals surface area (Å²) in [5.41, 5.74) is 2.70. The third-order valence-corrected chi connectivity index (χ3v) is 6.79. The summed E-state index contributed by atoms with van der Waals surface area (Å²) in [6, 6.07) is 3.67. The number of hydrogen-bond donors (Lipinski definition) is 2. The van der Waals surface area contributed by atoms with Gasteiger partial charge in [-0.2, -0.15) is 4.98 Å². The topological polar surface area (TPSA) is 131 Å². The van der Waals surface area contributed by atoms with Gasteiger partial charge >= 0.3 is 5.97 Å². The molecule has 0 unspecified atom stereocenters. The normalized spacial score (nSPS) is 19.6. The van der Waals surface area contributed by atoms with Crippen molar-refractivity contribution in [2.75, 3.05) is 23.3 Å². The zero-order chi connectivity index (χ0) is 25.2. The Balaban J connectivity index is 1.29. The van der Waals surface area contributed by atoms with Gasteiger partial charge in [-0.1, -0.05) is 5.21 Å². The average Bonchev–Trinajstić information content (AvgIpc) is 3.20. The fourth-order valence-electron chi connectivity index (χ4n) is 4.59. The number of anilines is 2. The van der Waals surface area contributed by atoms with Crippen molar-refractivity contribution >= 4 is 17.7 Å². The number of rotatable bonds is 8. The van der Waals surface area contributed by atoms with Crippen LogP contribution in [-0.4, -0.2) is 60.2 Å². The Kier molecular flexibility index (Phi) is 6.66. The van der Waals surface area contributed by atoms with Crippen LogP contribution in [0.3, 0.4) is 0 Å². The first-order valence-corrected chi connectivity index (χ1v) is 12.2. The minimum atomic E-state index is -0.764. The molecule has 36 heavy (non-hydrogen) atoms. The van der Waals surface area contributed by atoms with Gasteiger partial charge in [0, 0.05) is 20.1 Å². The van der Waals surface area contributed by atoms with Crippen molar-refractivity contribution in [2.24, 2.45) is 13.0 Å². The first kappa shape index (κ1) is 23.9. The number of nitrogens with one attached hydrogen (secondary N) is 1. The Morgan fingerprint density at radius 2 is 2.08 bits per heavy atom. The van der Waals surface area contributed by atoms with E-state index >= 15 is 0 Å². The predicted molar refractivity (Wildman–Crippen MR) is 129 cm³/mol. The molecule has 190 valence electrons. The van der Waals surface area contributed by atoms with Crippen molar-refractivity contribution in [1.29, 1.82) is 0 Å². The number of pyridine rings is 1. The van der Waals surface area contributed by atoms with E-state index in [1.54, 1.807) is 11.7 Å². The molecule has 1 saturated carbocycles. The number of carboxylic acids is 1. The molecular weight excluding hydrogens is 467 g/mol. The molecule has 1 saturated heterocycles. The predicted octanol–water partition coefficient (Wildman–Crippen LogP) is 2.96. The monoisotopic (exact) mass is 496 g/mol. The van der Waals surface area contributed by atoms with Crippen LogP contribution in [0.4, 0.5) is 16.2 Å². The van der Waals surface area contributed by atoms with Crippen molar-refractivity contribution in [2.45, 2.75) is 51.7 Å². The highest BCUT2D eigenvalue weighted by Crippen LogP contribution is 2.30. The molecule has 0 spiro atoms. The Hall–Kier alpha value is -3.83. The molecule has 1 aliphatic heterocycles. The number of carbonyl (C=O) groups is 1. The van der Waals surface area contributed by atoms with Crippen molar-refractivity contribution in [3.63, 3.8) is 0 Å². The van der Waals surface area contributed by atoms with Crippen molar-refractivity contribution in [1.82, 2.24) is 29.9 Å². The average molecular weight is 497 g/mol. The van der Waals surface area contributed by atoms with E-state index in [1.807, 2.05) is 24.0 Å². The zero-order valence-corrected chi connectivity index (χ0v) is 20.3. The van der Waals surface area contributed by atoms with E-state index in [1.165, 1.54) is 6.20 Å². The second kappa shape index (κ2) is 10.0. The third kappa shape index (κ3) is 4.93. The van der Waals surface area contributed by atoms with E-state index in [0.29, 0.717) is 54.0 Å². The first-order valence-electron chi connectivity index (χ1n) is 12.2. The second-order valence-corrected chi connectivity index (χ2v) is 9.29. The summed E-state index contributed by atoms with van der Waals surface area (Å²) in [5, 5.41) is 20.9. The summed E-state index contributed by atoms with van der Waals surface area (Å²) in [6.07, 6.45) is 4.92. The number of hydrogen-bond acceptors (Lipinski definition) is 9. The molecule has 12 heteroatoms. The van der Waals surface area contributed by atoms with Crippen LogP contribution in [0.5, 0.6) is 5.75 Å². The highest BCUT2D eigenvalue weighted by atomic mass is 19.1. The van der Waals surface area contributed by atoms with Gasteiger partial charge < -0.3 is 20.1 Å². The molecule has 0 amide bonds. The largest absolute Gasteiger partial charge is 0.489 e. The highest BCUT2D eigenvalue weighted by Gasteiger charge is 2.28. The van der Waals surface area contributed by atoms with Gasteiger partial charge in [-0.3, -0.25) is 4.79 Å². The SMILES string of the molecule is Cc1nc(-c2nnn(C)c2CNc2ncc(F)c(N3CCC3)n2)ccc1O[C@H]1CCC[C@H](C(=O)O)C1. The van der Waals surface area contributed by atoms with Crippen LogP contribution in [-0.2, 0) is 18.4 Å². The van der Waals surface area contributed by atoms with Gasteiger partial charge in [0.2, 0.25) is 5.95 Å². The maximum Gasteiger partial charge on any atom is 0.306 e. The molecule has 1 aliphatic carbocycles. The maximum absolute atomic E-state index is 14.1. The van der Waals surface area contributed by atoms with E-state index < -0.39 is 11.8 Å². The molecule has 3 aromatic rings. The molecular formula is C24H29FN8O3. The fourth-order valence-corrected chi connectivity index (χ4v) is 4.59. The van der Waals surface area contributed by atoms with Gasteiger partial charge in [-0.25, -0.2) is 19.0 Å². The van der Waals surface area contributed by atoms with Crippen molar-refractivity contribution in [3.8, 4) is 17.1 Å². The summed E-state index contributed by atoms with van der Waals surface area (Å²) in [4.78, 5) is 26.3. The summed E-state index contributed by atoms with van der Waals surface area (Å²) >= 11 is 0. The molecule has 2 atom stereocenters. The lowest BCUT2D eigenvalue weighted by Crippen LogP contribution is -2.38. The minimum absolute atomic E-state index is 0.139. The number of aromatic nitrogens is 6. The molecule has 2 aliphatic rings. The van der Waals surface area contributed by atoms with Gasteiger partial charge in [0.25, 0.3) is 0 Å². The lowest BCUT2D eigenvalue weighted by atomic mass is 9.87. The first-order chi connectivity index (χ1) is 17.4. The number of carboxylic acid groups (broad SMARTS) is 1. The minimum Gasteiger partial charge on any atom is -0.489 e. The zero-order valence-electron chi connectivity index (χ0n) is 20.3. The van der Waals surface area contributed by atoms with Crippen LogP contribution >= 0.6 is 0 Å². The third-order valence-electron chi connectivity index (χ3n) is 6.79.